The molecule has 0 saturated heterocycles. The lowest BCUT2D eigenvalue weighted by Gasteiger charge is -2.01. The van der Waals surface area contributed by atoms with Crippen molar-refractivity contribution in [2.45, 2.75) is 50.1 Å². The highest BCUT2D eigenvalue weighted by molar-refractivity contribution is 7.98. The van der Waals surface area contributed by atoms with Gasteiger partial charge < -0.3 is 5.32 Å². The van der Waals surface area contributed by atoms with E-state index in [4.69, 9.17) is 4.98 Å². The second-order valence-electron chi connectivity index (χ2n) is 5.52. The molecule has 1 aromatic heterocycles. The molecule has 0 radical (unpaired) electrons. The second-order valence-corrected chi connectivity index (χ2v) is 7.49. The Labute approximate surface area is 135 Å². The average molecular weight is 319 g/mol. The number of thioether (sulfide) groups is 1. The van der Waals surface area contributed by atoms with Gasteiger partial charge in [-0.3, -0.25) is 0 Å². The highest BCUT2D eigenvalue weighted by Gasteiger charge is 2.21. The molecule has 2 nitrogen and oxygen atoms in total. The zero-order valence-corrected chi connectivity index (χ0v) is 14.3. The van der Waals surface area contributed by atoms with Crippen LogP contribution in [0.25, 0.3) is 10.6 Å². The summed E-state index contributed by atoms with van der Waals surface area (Å²) < 4.78 is 0. The van der Waals surface area contributed by atoms with Crippen LogP contribution in [-0.4, -0.2) is 17.3 Å². The molecule has 112 valence electrons. The number of aryl methyl sites for hydroxylation is 1. The van der Waals surface area contributed by atoms with Crippen LogP contribution >= 0.6 is 23.1 Å². The predicted molar refractivity (Wildman–Crippen MR) is 93.2 cm³/mol. The van der Waals surface area contributed by atoms with Crippen molar-refractivity contribution in [1.82, 2.24) is 10.3 Å². The molecule has 4 heteroatoms. The first-order valence-electron chi connectivity index (χ1n) is 7.66. The van der Waals surface area contributed by atoms with Gasteiger partial charge in [0.05, 0.1) is 5.69 Å². The summed E-state index contributed by atoms with van der Waals surface area (Å²) in [5, 5.41) is 4.79. The summed E-state index contributed by atoms with van der Waals surface area (Å²) in [5.74, 6) is 0. The van der Waals surface area contributed by atoms with Crippen LogP contribution < -0.4 is 5.32 Å². The summed E-state index contributed by atoms with van der Waals surface area (Å²) in [6, 6.07) is 9.51. The molecule has 1 N–H and O–H groups in total. The number of hydrogen-bond donors (Lipinski definition) is 1. The molecule has 0 spiro atoms. The number of benzene rings is 1. The summed E-state index contributed by atoms with van der Waals surface area (Å²) in [7, 11) is 0. The third kappa shape index (κ3) is 3.87. The monoisotopic (exact) mass is 318 g/mol. The van der Waals surface area contributed by atoms with Gasteiger partial charge in [-0.2, -0.15) is 0 Å². The van der Waals surface area contributed by atoms with E-state index >= 15 is 0 Å². The van der Waals surface area contributed by atoms with Crippen molar-refractivity contribution in [3.05, 3.63) is 34.8 Å². The summed E-state index contributed by atoms with van der Waals surface area (Å²) in [5.41, 5.74) is 2.53. The van der Waals surface area contributed by atoms with Gasteiger partial charge in [-0.15, -0.1) is 23.1 Å². The van der Waals surface area contributed by atoms with E-state index in [2.05, 4.69) is 42.8 Å². The average Bonchev–Trinajstić information content (AvgIpc) is 3.27. The number of nitrogens with one attached hydrogen (secondary N) is 1. The van der Waals surface area contributed by atoms with E-state index in [9.17, 15) is 0 Å². The van der Waals surface area contributed by atoms with Gasteiger partial charge in [0.15, 0.2) is 0 Å². The minimum Gasteiger partial charge on any atom is -0.309 e. The van der Waals surface area contributed by atoms with Crippen LogP contribution in [0.2, 0.25) is 0 Å². The van der Waals surface area contributed by atoms with E-state index in [0.717, 1.165) is 25.4 Å². The maximum absolute atomic E-state index is 4.90. The van der Waals surface area contributed by atoms with E-state index in [1.54, 1.807) is 11.8 Å². The van der Waals surface area contributed by atoms with Crippen molar-refractivity contribution in [2.75, 3.05) is 6.26 Å². The molecule has 0 aliphatic heterocycles. The molecule has 1 saturated carbocycles. The Morgan fingerprint density at radius 2 is 2.05 bits per heavy atom. The van der Waals surface area contributed by atoms with Gasteiger partial charge in [0.1, 0.15) is 5.01 Å². The topological polar surface area (TPSA) is 24.9 Å². The van der Waals surface area contributed by atoms with Gasteiger partial charge in [0.2, 0.25) is 0 Å². The first-order valence-corrected chi connectivity index (χ1v) is 9.70. The van der Waals surface area contributed by atoms with Crippen LogP contribution in [0.4, 0.5) is 0 Å². The fourth-order valence-corrected chi connectivity index (χ4v) is 3.81. The molecule has 0 bridgehead atoms. The van der Waals surface area contributed by atoms with Crippen LogP contribution in [0.5, 0.6) is 0 Å². The summed E-state index contributed by atoms with van der Waals surface area (Å²) in [6.07, 6.45) is 7.03. The molecule has 0 amide bonds. The number of hydrogen-bond acceptors (Lipinski definition) is 4. The first-order chi connectivity index (χ1) is 10.3. The lowest BCUT2D eigenvalue weighted by atomic mass is 10.2. The maximum atomic E-state index is 4.90. The fourth-order valence-electron chi connectivity index (χ4n) is 2.34. The zero-order chi connectivity index (χ0) is 14.7. The van der Waals surface area contributed by atoms with Gasteiger partial charge in [0.25, 0.3) is 0 Å². The van der Waals surface area contributed by atoms with Gasteiger partial charge in [-0.05, 0) is 37.7 Å². The Kier molecular flexibility index (Phi) is 4.99. The molecular formula is C17H22N2S2. The summed E-state index contributed by atoms with van der Waals surface area (Å²) in [6.45, 7) is 3.21. The molecule has 3 rings (SSSR count). The van der Waals surface area contributed by atoms with Crippen LogP contribution in [0.15, 0.2) is 29.2 Å². The van der Waals surface area contributed by atoms with Crippen molar-refractivity contribution >= 4 is 23.1 Å². The SMILES string of the molecule is CCCc1nc(-c2ccc(SC)cc2)sc1CNC1CC1. The Bertz CT molecular complexity index is 585. The fraction of sp³-hybridized carbons (Fsp3) is 0.471. The highest BCUT2D eigenvalue weighted by Crippen LogP contribution is 2.31. The lowest BCUT2D eigenvalue weighted by Crippen LogP contribution is -2.15. The molecule has 1 aliphatic carbocycles. The van der Waals surface area contributed by atoms with Crippen LogP contribution in [0, 0.1) is 0 Å². The molecule has 1 fully saturated rings. The predicted octanol–water partition coefficient (Wildman–Crippen LogP) is 4.74. The van der Waals surface area contributed by atoms with E-state index in [1.165, 1.54) is 38.9 Å². The number of nitrogens with zero attached hydrogens (tertiary/aromatic N) is 1. The quantitative estimate of drug-likeness (QED) is 0.747. The third-order valence-corrected chi connectivity index (χ3v) is 5.62. The standard InChI is InChI=1S/C17H22N2S2/c1-3-4-15-16(11-18-13-7-8-13)21-17(19-15)12-5-9-14(20-2)10-6-12/h5-6,9-10,13,18H,3-4,7-8,11H2,1-2H3. The third-order valence-electron chi connectivity index (χ3n) is 3.73. The molecule has 2 aromatic rings. The van der Waals surface area contributed by atoms with E-state index in [0.29, 0.717) is 0 Å². The van der Waals surface area contributed by atoms with Crippen LogP contribution in [0.3, 0.4) is 0 Å². The maximum Gasteiger partial charge on any atom is 0.123 e. The van der Waals surface area contributed by atoms with Crippen molar-refractivity contribution in [3.8, 4) is 10.6 Å². The molecule has 1 aliphatic rings. The van der Waals surface area contributed by atoms with Crippen molar-refractivity contribution < 1.29 is 0 Å². The molecule has 21 heavy (non-hydrogen) atoms. The zero-order valence-electron chi connectivity index (χ0n) is 12.7. The van der Waals surface area contributed by atoms with E-state index in [1.807, 2.05) is 11.3 Å². The number of rotatable bonds is 7. The molecule has 1 heterocycles. The summed E-state index contributed by atoms with van der Waals surface area (Å²) in [4.78, 5) is 7.62. The largest absolute Gasteiger partial charge is 0.309 e. The van der Waals surface area contributed by atoms with Gasteiger partial charge >= 0.3 is 0 Å². The minimum atomic E-state index is 0.755. The molecule has 0 unspecified atom stereocenters. The van der Waals surface area contributed by atoms with E-state index in [-0.39, 0.29) is 0 Å². The van der Waals surface area contributed by atoms with Gasteiger partial charge in [-0.1, -0.05) is 25.5 Å². The Morgan fingerprint density at radius 1 is 1.29 bits per heavy atom. The molecular weight excluding hydrogens is 296 g/mol. The van der Waals surface area contributed by atoms with Gasteiger partial charge in [0, 0.05) is 27.9 Å². The normalized spacial score (nSPS) is 14.6. The number of thiazole rings is 1. The molecule has 0 atom stereocenters. The number of aromatic nitrogens is 1. The minimum absolute atomic E-state index is 0.755. The van der Waals surface area contributed by atoms with Crippen molar-refractivity contribution in [1.29, 1.82) is 0 Å². The second kappa shape index (κ2) is 6.95. The van der Waals surface area contributed by atoms with Gasteiger partial charge in [-0.25, -0.2) is 4.98 Å². The lowest BCUT2D eigenvalue weighted by molar-refractivity contribution is 0.686. The van der Waals surface area contributed by atoms with E-state index < -0.39 is 0 Å². The smallest absolute Gasteiger partial charge is 0.123 e. The van der Waals surface area contributed by atoms with Crippen LogP contribution in [-0.2, 0) is 13.0 Å². The van der Waals surface area contributed by atoms with Crippen molar-refractivity contribution in [2.24, 2.45) is 0 Å². The van der Waals surface area contributed by atoms with Crippen molar-refractivity contribution in [3.63, 3.8) is 0 Å². The summed E-state index contributed by atoms with van der Waals surface area (Å²) >= 11 is 3.64. The Balaban J connectivity index is 1.80. The Morgan fingerprint density at radius 3 is 2.67 bits per heavy atom. The molecule has 1 aromatic carbocycles. The van der Waals surface area contributed by atoms with Crippen LogP contribution in [0.1, 0.15) is 36.8 Å². The Hall–Kier alpha value is -0.840. The first kappa shape index (κ1) is 15.1. The highest BCUT2D eigenvalue weighted by atomic mass is 32.2.